The van der Waals surface area contributed by atoms with E-state index in [1.807, 2.05) is 20.0 Å². The summed E-state index contributed by atoms with van der Waals surface area (Å²) >= 11 is 0. The number of aromatic nitrogens is 6. The van der Waals surface area contributed by atoms with Gasteiger partial charge in [-0.1, -0.05) is 0 Å². The van der Waals surface area contributed by atoms with E-state index in [2.05, 4.69) is 25.0 Å². The van der Waals surface area contributed by atoms with Crippen LogP contribution in [-0.4, -0.2) is 40.5 Å². The quantitative estimate of drug-likeness (QED) is 0.726. The average molecular weight is 335 g/mol. The summed E-state index contributed by atoms with van der Waals surface area (Å²) in [6.45, 7) is 5.12. The smallest absolute Gasteiger partial charge is 0.275 e. The topological polar surface area (TPSA) is 89.7 Å². The first-order valence-corrected chi connectivity index (χ1v) is 8.15. The van der Waals surface area contributed by atoms with Crippen molar-refractivity contribution in [3.63, 3.8) is 0 Å². The Labute approximate surface area is 144 Å². The van der Waals surface area contributed by atoms with Crippen LogP contribution < -0.4 is 0 Å². The number of aryl methyl sites for hydroxylation is 1. The van der Waals surface area contributed by atoms with Gasteiger partial charge < -0.3 is 4.90 Å². The van der Waals surface area contributed by atoms with Crippen LogP contribution in [0, 0.1) is 0 Å². The van der Waals surface area contributed by atoms with Crippen molar-refractivity contribution < 1.29 is 4.79 Å². The highest BCUT2D eigenvalue weighted by Crippen LogP contribution is 2.33. The van der Waals surface area contributed by atoms with E-state index in [1.54, 1.807) is 40.3 Å². The van der Waals surface area contributed by atoms with Crippen LogP contribution in [0.4, 0.5) is 0 Å². The molecule has 1 unspecified atom stereocenters. The third-order valence-corrected chi connectivity index (χ3v) is 4.35. The Balaban J connectivity index is 1.62. The Bertz CT molecular complexity index is 922. The predicted octanol–water partition coefficient (Wildman–Crippen LogP) is 1.87. The summed E-state index contributed by atoms with van der Waals surface area (Å²) in [5.41, 5.74) is 2.22. The second kappa shape index (κ2) is 6.04. The van der Waals surface area contributed by atoms with Gasteiger partial charge in [0.2, 0.25) is 0 Å². The highest BCUT2D eigenvalue weighted by Gasteiger charge is 2.33. The molecule has 0 saturated heterocycles. The molecule has 8 heteroatoms. The minimum absolute atomic E-state index is 0.0972. The van der Waals surface area contributed by atoms with E-state index >= 15 is 0 Å². The number of nitrogens with zero attached hydrogens (tertiary/aromatic N) is 7. The number of carbonyl (C=O) groups excluding carboxylic acids is 1. The van der Waals surface area contributed by atoms with Gasteiger partial charge in [0.15, 0.2) is 11.6 Å². The molecule has 4 heterocycles. The molecule has 3 aromatic heterocycles. The Kier molecular flexibility index (Phi) is 3.72. The van der Waals surface area contributed by atoms with Crippen molar-refractivity contribution in [1.29, 1.82) is 0 Å². The molecule has 1 amide bonds. The van der Waals surface area contributed by atoms with Gasteiger partial charge in [-0.15, -0.1) is 0 Å². The first-order valence-electron chi connectivity index (χ1n) is 8.15. The van der Waals surface area contributed by atoms with Crippen LogP contribution in [0.25, 0.3) is 11.6 Å². The van der Waals surface area contributed by atoms with Gasteiger partial charge in [-0.2, -0.15) is 5.10 Å². The van der Waals surface area contributed by atoms with Crippen LogP contribution in [0.2, 0.25) is 0 Å². The third-order valence-electron chi connectivity index (χ3n) is 4.35. The van der Waals surface area contributed by atoms with E-state index in [4.69, 9.17) is 0 Å². The highest BCUT2D eigenvalue weighted by atomic mass is 16.2. The molecule has 0 spiro atoms. The fourth-order valence-electron chi connectivity index (χ4n) is 2.94. The van der Waals surface area contributed by atoms with Crippen molar-refractivity contribution in [3.8, 4) is 11.6 Å². The largest absolute Gasteiger partial charge is 0.324 e. The van der Waals surface area contributed by atoms with Crippen molar-refractivity contribution in [2.45, 2.75) is 33.0 Å². The summed E-state index contributed by atoms with van der Waals surface area (Å²) in [6, 6.07) is 3.39. The van der Waals surface area contributed by atoms with E-state index in [0.717, 1.165) is 17.8 Å². The molecule has 4 rings (SSSR count). The monoisotopic (exact) mass is 335 g/mol. The summed E-state index contributed by atoms with van der Waals surface area (Å²) in [5.74, 6) is 0.843. The minimum Gasteiger partial charge on any atom is -0.324 e. The van der Waals surface area contributed by atoms with E-state index < -0.39 is 0 Å². The molecule has 3 aromatic rings. The molecule has 126 valence electrons. The zero-order chi connectivity index (χ0) is 17.4. The molecule has 0 bridgehead atoms. The molecule has 1 aliphatic heterocycles. The van der Waals surface area contributed by atoms with Crippen molar-refractivity contribution >= 4 is 5.91 Å². The zero-order valence-corrected chi connectivity index (χ0v) is 14.0. The first kappa shape index (κ1) is 15.4. The lowest BCUT2D eigenvalue weighted by Gasteiger charge is -2.20. The summed E-state index contributed by atoms with van der Waals surface area (Å²) < 4.78 is 1.74. The Morgan fingerprint density at radius 2 is 2.04 bits per heavy atom. The molecule has 25 heavy (non-hydrogen) atoms. The molecule has 0 fully saturated rings. The molecule has 1 atom stereocenters. The molecule has 0 aromatic carbocycles. The number of carbonyl (C=O) groups is 1. The van der Waals surface area contributed by atoms with Gasteiger partial charge in [0.1, 0.15) is 5.69 Å². The van der Waals surface area contributed by atoms with Gasteiger partial charge in [0, 0.05) is 36.9 Å². The van der Waals surface area contributed by atoms with Gasteiger partial charge in [-0.05, 0) is 26.0 Å². The summed E-state index contributed by atoms with van der Waals surface area (Å²) in [4.78, 5) is 31.8. The lowest BCUT2D eigenvalue weighted by atomic mass is 10.1. The summed E-state index contributed by atoms with van der Waals surface area (Å²) in [7, 11) is 0. The second-order valence-electron chi connectivity index (χ2n) is 5.83. The van der Waals surface area contributed by atoms with Crippen molar-refractivity contribution in [1.82, 2.24) is 34.6 Å². The molecular formula is C17H17N7O. The molecule has 0 saturated carbocycles. The van der Waals surface area contributed by atoms with Gasteiger partial charge in [-0.25, -0.2) is 19.9 Å². The third kappa shape index (κ3) is 2.65. The van der Waals surface area contributed by atoms with Crippen LogP contribution in [0.15, 0.2) is 36.9 Å². The number of rotatable bonds is 3. The normalized spacial score (nSPS) is 16.1. The van der Waals surface area contributed by atoms with Crippen molar-refractivity contribution in [2.75, 3.05) is 0 Å². The van der Waals surface area contributed by atoms with E-state index in [9.17, 15) is 4.79 Å². The Hall–Kier alpha value is -3.16. The fourth-order valence-corrected chi connectivity index (χ4v) is 2.94. The van der Waals surface area contributed by atoms with E-state index in [-0.39, 0.29) is 11.9 Å². The lowest BCUT2D eigenvalue weighted by molar-refractivity contribution is 0.0697. The SMILES string of the molecule is CCn1ccc(C(=O)N2Cc3nc(-c4ncccn4)ncc3C2C)n1. The number of amides is 1. The van der Waals surface area contributed by atoms with Gasteiger partial charge in [0.05, 0.1) is 18.3 Å². The van der Waals surface area contributed by atoms with Crippen LogP contribution in [0.1, 0.15) is 41.6 Å². The molecule has 1 aliphatic rings. The van der Waals surface area contributed by atoms with Crippen LogP contribution >= 0.6 is 0 Å². The van der Waals surface area contributed by atoms with Crippen molar-refractivity contribution in [2.24, 2.45) is 0 Å². The Morgan fingerprint density at radius 3 is 2.76 bits per heavy atom. The molecule has 0 aliphatic carbocycles. The number of fused-ring (bicyclic) bond motifs is 1. The predicted molar refractivity (Wildman–Crippen MR) is 89.2 cm³/mol. The van der Waals surface area contributed by atoms with Crippen LogP contribution in [0.3, 0.4) is 0 Å². The van der Waals surface area contributed by atoms with Gasteiger partial charge >= 0.3 is 0 Å². The van der Waals surface area contributed by atoms with E-state index in [1.165, 1.54) is 0 Å². The van der Waals surface area contributed by atoms with E-state index in [0.29, 0.717) is 23.9 Å². The summed E-state index contributed by atoms with van der Waals surface area (Å²) in [6.07, 6.45) is 6.88. The maximum atomic E-state index is 12.8. The summed E-state index contributed by atoms with van der Waals surface area (Å²) in [5, 5.41) is 4.31. The van der Waals surface area contributed by atoms with Gasteiger partial charge in [-0.3, -0.25) is 9.48 Å². The molecular weight excluding hydrogens is 318 g/mol. The maximum Gasteiger partial charge on any atom is 0.275 e. The number of hydrogen-bond donors (Lipinski definition) is 0. The molecule has 0 radical (unpaired) electrons. The maximum absolute atomic E-state index is 12.8. The molecule has 8 nitrogen and oxygen atoms in total. The molecule has 0 N–H and O–H groups in total. The lowest BCUT2D eigenvalue weighted by Crippen LogP contribution is -2.28. The van der Waals surface area contributed by atoms with Crippen LogP contribution in [-0.2, 0) is 13.1 Å². The minimum atomic E-state index is -0.102. The standard InChI is InChI=1S/C17H17N7O/c1-3-23-8-5-13(22-23)17(25)24-10-14-12(11(24)2)9-20-16(21-14)15-18-6-4-7-19-15/h4-9,11H,3,10H2,1-2H3. The first-order chi connectivity index (χ1) is 12.2. The number of hydrogen-bond acceptors (Lipinski definition) is 6. The average Bonchev–Trinajstić information content (AvgIpc) is 3.26. The van der Waals surface area contributed by atoms with Crippen molar-refractivity contribution in [3.05, 3.63) is 53.9 Å². The second-order valence-corrected chi connectivity index (χ2v) is 5.83. The van der Waals surface area contributed by atoms with Gasteiger partial charge in [0.25, 0.3) is 5.91 Å². The highest BCUT2D eigenvalue weighted by molar-refractivity contribution is 5.92. The van der Waals surface area contributed by atoms with Crippen LogP contribution in [0.5, 0.6) is 0 Å². The fraction of sp³-hybridized carbons (Fsp3) is 0.294. The zero-order valence-electron chi connectivity index (χ0n) is 14.0. The Morgan fingerprint density at radius 1 is 1.24 bits per heavy atom.